The zero-order valence-electron chi connectivity index (χ0n) is 10.6. The van der Waals surface area contributed by atoms with E-state index in [0.29, 0.717) is 5.56 Å². The third kappa shape index (κ3) is 3.24. The van der Waals surface area contributed by atoms with E-state index in [-0.39, 0.29) is 5.91 Å². The van der Waals surface area contributed by atoms with E-state index in [1.807, 2.05) is 49.4 Å². The van der Waals surface area contributed by atoms with E-state index in [1.54, 1.807) is 12.1 Å². The number of anilines is 1. The summed E-state index contributed by atoms with van der Waals surface area (Å²) in [6.45, 7) is 1.90. The second-order valence-corrected chi connectivity index (χ2v) is 4.38. The Morgan fingerprint density at radius 1 is 1.05 bits per heavy atom. The molecule has 0 aliphatic carbocycles. The summed E-state index contributed by atoms with van der Waals surface area (Å²) in [4.78, 5) is 12.1. The molecule has 0 heterocycles. The molecule has 2 nitrogen and oxygen atoms in total. The van der Waals surface area contributed by atoms with Crippen molar-refractivity contribution in [3.05, 3.63) is 71.3 Å². The Bertz CT molecular complexity index is 605. The predicted octanol–water partition coefficient (Wildman–Crippen LogP) is 4.54. The Balaban J connectivity index is 2.27. The second-order valence-electron chi connectivity index (χ2n) is 4.16. The maximum absolute atomic E-state index is 12.1. The number of hydrogen-bond donors (Lipinski definition) is 1. The zero-order chi connectivity index (χ0) is 13.7. The van der Waals surface area contributed by atoms with Crippen LogP contribution in [0.4, 0.5) is 5.69 Å². The Morgan fingerprint density at radius 3 is 2.37 bits per heavy atom. The van der Waals surface area contributed by atoms with Gasteiger partial charge in [-0.15, -0.1) is 0 Å². The molecule has 2 rings (SSSR count). The fraction of sp³-hybridized carbons (Fsp3) is 0.0625. The van der Waals surface area contributed by atoms with Gasteiger partial charge in [-0.1, -0.05) is 48.0 Å². The number of rotatable bonds is 3. The van der Waals surface area contributed by atoms with Crippen LogP contribution in [0, 0.1) is 0 Å². The number of amides is 1. The molecule has 0 unspecified atom stereocenters. The minimum atomic E-state index is -0.129. The molecule has 0 aromatic heterocycles. The molecule has 0 spiro atoms. The molecule has 19 heavy (non-hydrogen) atoms. The largest absolute Gasteiger partial charge is 0.321 e. The average Bonchev–Trinajstić information content (AvgIpc) is 2.48. The highest BCUT2D eigenvalue weighted by Gasteiger charge is 2.08. The predicted molar refractivity (Wildman–Crippen MR) is 80.3 cm³/mol. The lowest BCUT2D eigenvalue weighted by atomic mass is 10.1. The number of hydrogen-bond acceptors (Lipinski definition) is 1. The van der Waals surface area contributed by atoms with Crippen LogP contribution in [0.3, 0.4) is 0 Å². The molecule has 1 N–H and O–H groups in total. The van der Waals surface area contributed by atoms with Crippen LogP contribution >= 0.6 is 11.6 Å². The third-order valence-electron chi connectivity index (χ3n) is 2.80. The lowest BCUT2D eigenvalue weighted by molar-refractivity contribution is 0.102. The highest BCUT2D eigenvalue weighted by Crippen LogP contribution is 2.24. The summed E-state index contributed by atoms with van der Waals surface area (Å²) in [5.74, 6) is -0.129. The Kier molecular flexibility index (Phi) is 4.37. The van der Waals surface area contributed by atoms with Gasteiger partial charge < -0.3 is 5.32 Å². The summed E-state index contributed by atoms with van der Waals surface area (Å²) in [6, 6.07) is 16.7. The Morgan fingerprint density at radius 2 is 1.68 bits per heavy atom. The van der Waals surface area contributed by atoms with Crippen LogP contribution < -0.4 is 5.32 Å². The van der Waals surface area contributed by atoms with Crippen molar-refractivity contribution < 1.29 is 4.79 Å². The molecule has 0 fully saturated rings. The van der Waals surface area contributed by atoms with Gasteiger partial charge in [-0.05, 0) is 30.7 Å². The van der Waals surface area contributed by atoms with E-state index in [9.17, 15) is 4.79 Å². The van der Waals surface area contributed by atoms with E-state index < -0.39 is 0 Å². The highest BCUT2D eigenvalue weighted by atomic mass is 35.5. The lowest BCUT2D eigenvalue weighted by Crippen LogP contribution is -2.12. The van der Waals surface area contributed by atoms with Gasteiger partial charge in [-0.3, -0.25) is 4.79 Å². The van der Waals surface area contributed by atoms with Gasteiger partial charge >= 0.3 is 0 Å². The van der Waals surface area contributed by atoms with Crippen molar-refractivity contribution in [3.63, 3.8) is 0 Å². The van der Waals surface area contributed by atoms with Gasteiger partial charge in [0.15, 0.2) is 0 Å². The van der Waals surface area contributed by atoms with Crippen molar-refractivity contribution in [3.8, 4) is 0 Å². The number of nitrogens with one attached hydrogen (secondary N) is 1. The summed E-state index contributed by atoms with van der Waals surface area (Å²) < 4.78 is 0. The summed E-state index contributed by atoms with van der Waals surface area (Å²) in [5.41, 5.74) is 4.72. The molecule has 0 saturated heterocycles. The van der Waals surface area contributed by atoms with E-state index >= 15 is 0 Å². The third-order valence-corrected chi connectivity index (χ3v) is 3.13. The molecule has 0 bridgehead atoms. The van der Waals surface area contributed by atoms with Crippen LogP contribution in [0.2, 0.25) is 0 Å². The van der Waals surface area contributed by atoms with E-state index in [1.165, 1.54) is 5.54 Å². The first-order valence-electron chi connectivity index (χ1n) is 5.95. The van der Waals surface area contributed by atoms with Crippen molar-refractivity contribution in [1.82, 2.24) is 0 Å². The first-order chi connectivity index (χ1) is 9.22. The summed E-state index contributed by atoms with van der Waals surface area (Å²) in [5, 5.41) is 2.90. The monoisotopic (exact) mass is 271 g/mol. The van der Waals surface area contributed by atoms with Gasteiger partial charge in [-0.25, -0.2) is 0 Å². The number of allylic oxidation sites excluding steroid dienone is 1. The number of halogens is 1. The van der Waals surface area contributed by atoms with E-state index in [0.717, 1.165) is 16.8 Å². The average molecular weight is 272 g/mol. The van der Waals surface area contributed by atoms with E-state index in [2.05, 4.69) is 5.32 Å². The quantitative estimate of drug-likeness (QED) is 0.872. The number of benzene rings is 2. The summed E-state index contributed by atoms with van der Waals surface area (Å²) in [7, 11) is 0. The molecule has 0 atom stereocenters. The van der Waals surface area contributed by atoms with Crippen LogP contribution in [0.15, 0.2) is 60.1 Å². The number of carbonyl (C=O) groups excluding carboxylic acids is 1. The van der Waals surface area contributed by atoms with Crippen LogP contribution in [-0.2, 0) is 0 Å². The molecule has 0 radical (unpaired) electrons. The molecule has 2 aromatic rings. The standard InChI is InChI=1S/C16H14ClNO/c1-12(11-17)14-9-5-6-10-15(14)18-16(19)13-7-3-2-4-8-13/h2-11H,1H3,(H,18,19)/b12-11+. The van der Waals surface area contributed by atoms with Crippen LogP contribution in [0.5, 0.6) is 0 Å². The van der Waals surface area contributed by atoms with Crippen molar-refractivity contribution in [2.45, 2.75) is 6.92 Å². The maximum atomic E-state index is 12.1. The first kappa shape index (κ1) is 13.4. The van der Waals surface area contributed by atoms with Gasteiger partial charge in [0.2, 0.25) is 0 Å². The van der Waals surface area contributed by atoms with Crippen molar-refractivity contribution in [2.24, 2.45) is 0 Å². The van der Waals surface area contributed by atoms with E-state index in [4.69, 9.17) is 11.6 Å². The topological polar surface area (TPSA) is 29.1 Å². The first-order valence-corrected chi connectivity index (χ1v) is 6.39. The van der Waals surface area contributed by atoms with Crippen molar-refractivity contribution in [2.75, 3.05) is 5.32 Å². The van der Waals surface area contributed by atoms with Gasteiger partial charge in [-0.2, -0.15) is 0 Å². The zero-order valence-corrected chi connectivity index (χ0v) is 11.3. The summed E-state index contributed by atoms with van der Waals surface area (Å²) in [6.07, 6.45) is 0. The Hall–Kier alpha value is -2.06. The van der Waals surface area contributed by atoms with Gasteiger partial charge in [0.1, 0.15) is 0 Å². The molecule has 0 saturated carbocycles. The molecule has 0 aliphatic heterocycles. The molecular weight excluding hydrogens is 258 g/mol. The van der Waals surface area contributed by atoms with Gasteiger partial charge in [0.05, 0.1) is 0 Å². The maximum Gasteiger partial charge on any atom is 0.255 e. The SMILES string of the molecule is C/C(=C\Cl)c1ccccc1NC(=O)c1ccccc1. The highest BCUT2D eigenvalue weighted by molar-refractivity contribution is 6.28. The smallest absolute Gasteiger partial charge is 0.255 e. The normalized spacial score (nSPS) is 11.2. The Labute approximate surface area is 117 Å². The number of carbonyl (C=O) groups is 1. The second kappa shape index (κ2) is 6.21. The fourth-order valence-electron chi connectivity index (χ4n) is 1.78. The van der Waals surface area contributed by atoms with Crippen LogP contribution in [0.25, 0.3) is 5.57 Å². The van der Waals surface area contributed by atoms with Gasteiger partial charge in [0.25, 0.3) is 5.91 Å². The molecular formula is C16H14ClNO. The van der Waals surface area contributed by atoms with Crippen molar-refractivity contribution >= 4 is 28.8 Å². The fourth-order valence-corrected chi connectivity index (χ4v) is 1.90. The molecule has 3 heteroatoms. The molecule has 1 amide bonds. The number of para-hydroxylation sites is 1. The molecule has 0 aliphatic rings. The van der Waals surface area contributed by atoms with Crippen LogP contribution in [0.1, 0.15) is 22.8 Å². The van der Waals surface area contributed by atoms with Crippen molar-refractivity contribution in [1.29, 1.82) is 0 Å². The minimum absolute atomic E-state index is 0.129. The van der Waals surface area contributed by atoms with Crippen LogP contribution in [-0.4, -0.2) is 5.91 Å². The lowest BCUT2D eigenvalue weighted by Gasteiger charge is -2.11. The summed E-state index contributed by atoms with van der Waals surface area (Å²) >= 11 is 5.74. The molecule has 96 valence electrons. The molecule has 2 aromatic carbocycles. The van der Waals surface area contributed by atoms with Gasteiger partial charge in [0, 0.05) is 22.3 Å². The minimum Gasteiger partial charge on any atom is -0.321 e.